The minimum Gasteiger partial charge on any atom is -0.378 e. The minimum absolute atomic E-state index is 0.0160. The molecule has 0 aromatic heterocycles. The summed E-state index contributed by atoms with van der Waals surface area (Å²) in [4.78, 5) is 0. The van der Waals surface area contributed by atoms with E-state index in [1.807, 2.05) is 0 Å². The second-order valence-corrected chi connectivity index (χ2v) is 4.63. The standard InChI is InChI=1S/C13H9BrF3N/c14-9-1-4-13(12(17)6-9)18-7-8-5-10(15)2-3-11(8)16/h1-6,18H,7H2. The maximum absolute atomic E-state index is 13.5. The quantitative estimate of drug-likeness (QED) is 0.880. The number of nitrogens with one attached hydrogen (secondary N) is 1. The molecule has 0 bridgehead atoms. The van der Waals surface area contributed by atoms with Crippen LogP contribution in [0.2, 0.25) is 0 Å². The lowest BCUT2D eigenvalue weighted by molar-refractivity contribution is 0.587. The Labute approximate surface area is 111 Å². The molecule has 2 aromatic carbocycles. The largest absolute Gasteiger partial charge is 0.378 e. The predicted octanol–water partition coefficient (Wildman–Crippen LogP) is 4.48. The van der Waals surface area contributed by atoms with Gasteiger partial charge < -0.3 is 5.32 Å². The van der Waals surface area contributed by atoms with E-state index in [1.165, 1.54) is 12.1 Å². The smallest absolute Gasteiger partial charge is 0.147 e. The molecule has 2 aromatic rings. The van der Waals surface area contributed by atoms with Crippen LogP contribution in [-0.2, 0) is 6.54 Å². The molecule has 0 aliphatic rings. The summed E-state index contributed by atoms with van der Waals surface area (Å²) in [5.41, 5.74) is 0.388. The molecule has 0 unspecified atom stereocenters. The molecule has 0 radical (unpaired) electrons. The maximum Gasteiger partial charge on any atom is 0.147 e. The highest BCUT2D eigenvalue weighted by molar-refractivity contribution is 9.10. The number of hydrogen-bond acceptors (Lipinski definition) is 1. The average Bonchev–Trinajstić information content (AvgIpc) is 2.32. The minimum atomic E-state index is -0.526. The van der Waals surface area contributed by atoms with E-state index >= 15 is 0 Å². The zero-order chi connectivity index (χ0) is 13.1. The predicted molar refractivity (Wildman–Crippen MR) is 67.8 cm³/mol. The molecule has 0 fully saturated rings. The van der Waals surface area contributed by atoms with Crippen molar-refractivity contribution >= 4 is 21.6 Å². The second-order valence-electron chi connectivity index (χ2n) is 3.71. The van der Waals surface area contributed by atoms with Crippen LogP contribution in [0.3, 0.4) is 0 Å². The van der Waals surface area contributed by atoms with Crippen molar-refractivity contribution in [2.24, 2.45) is 0 Å². The van der Waals surface area contributed by atoms with Gasteiger partial charge in [0.15, 0.2) is 0 Å². The summed E-state index contributed by atoms with van der Waals surface area (Å²) in [6.07, 6.45) is 0. The number of hydrogen-bond donors (Lipinski definition) is 1. The SMILES string of the molecule is Fc1ccc(F)c(CNc2ccc(Br)cc2F)c1. The van der Waals surface area contributed by atoms with Gasteiger partial charge in [-0.1, -0.05) is 15.9 Å². The molecular formula is C13H9BrF3N. The average molecular weight is 316 g/mol. The fourth-order valence-corrected chi connectivity index (χ4v) is 1.84. The fourth-order valence-electron chi connectivity index (χ4n) is 1.50. The Morgan fingerprint density at radius 2 is 1.72 bits per heavy atom. The van der Waals surface area contributed by atoms with Crippen molar-refractivity contribution in [2.45, 2.75) is 6.54 Å². The Bertz CT molecular complexity index is 572. The first-order valence-electron chi connectivity index (χ1n) is 5.19. The zero-order valence-corrected chi connectivity index (χ0v) is 10.8. The maximum atomic E-state index is 13.5. The summed E-state index contributed by atoms with van der Waals surface area (Å²) < 4.78 is 40.3. The van der Waals surface area contributed by atoms with Gasteiger partial charge in [0.2, 0.25) is 0 Å². The molecule has 94 valence electrons. The van der Waals surface area contributed by atoms with Crippen molar-refractivity contribution in [1.82, 2.24) is 0 Å². The van der Waals surface area contributed by atoms with Crippen molar-refractivity contribution in [3.8, 4) is 0 Å². The summed E-state index contributed by atoms with van der Waals surface area (Å²) in [5, 5.41) is 2.72. The van der Waals surface area contributed by atoms with Crippen LogP contribution in [0.1, 0.15) is 5.56 Å². The Kier molecular flexibility index (Phi) is 3.91. The highest BCUT2D eigenvalue weighted by Gasteiger charge is 2.06. The Morgan fingerprint density at radius 1 is 0.944 bits per heavy atom. The lowest BCUT2D eigenvalue weighted by Crippen LogP contribution is -2.04. The molecule has 0 heterocycles. The van der Waals surface area contributed by atoms with Crippen LogP contribution < -0.4 is 5.32 Å². The van der Waals surface area contributed by atoms with Gasteiger partial charge in [-0.3, -0.25) is 0 Å². The summed E-state index contributed by atoms with van der Waals surface area (Å²) in [5.74, 6) is -1.51. The number of benzene rings is 2. The fraction of sp³-hybridized carbons (Fsp3) is 0.0769. The third kappa shape index (κ3) is 3.04. The van der Waals surface area contributed by atoms with E-state index in [1.54, 1.807) is 6.07 Å². The topological polar surface area (TPSA) is 12.0 Å². The van der Waals surface area contributed by atoms with Crippen molar-refractivity contribution in [1.29, 1.82) is 0 Å². The monoisotopic (exact) mass is 315 g/mol. The van der Waals surface area contributed by atoms with Crippen molar-refractivity contribution in [3.05, 3.63) is 63.9 Å². The normalized spacial score (nSPS) is 10.4. The van der Waals surface area contributed by atoms with E-state index in [0.717, 1.165) is 18.2 Å². The highest BCUT2D eigenvalue weighted by atomic mass is 79.9. The summed E-state index contributed by atoms with van der Waals surface area (Å²) in [6.45, 7) is 0.0160. The Morgan fingerprint density at radius 3 is 2.44 bits per heavy atom. The van der Waals surface area contributed by atoms with E-state index in [2.05, 4.69) is 21.2 Å². The van der Waals surface area contributed by atoms with Gasteiger partial charge in [0.25, 0.3) is 0 Å². The van der Waals surface area contributed by atoms with Gasteiger partial charge in [-0.05, 0) is 36.4 Å². The van der Waals surface area contributed by atoms with Gasteiger partial charge in [0.05, 0.1) is 5.69 Å². The summed E-state index contributed by atoms with van der Waals surface area (Å²) in [7, 11) is 0. The van der Waals surface area contributed by atoms with Crippen LogP contribution in [0.4, 0.5) is 18.9 Å². The van der Waals surface area contributed by atoms with Gasteiger partial charge in [0.1, 0.15) is 17.5 Å². The van der Waals surface area contributed by atoms with Crippen molar-refractivity contribution in [3.63, 3.8) is 0 Å². The molecule has 0 aliphatic carbocycles. The van der Waals surface area contributed by atoms with E-state index in [-0.39, 0.29) is 17.8 Å². The molecule has 0 aliphatic heterocycles. The molecular weight excluding hydrogens is 307 g/mol. The van der Waals surface area contributed by atoms with Gasteiger partial charge in [0, 0.05) is 16.6 Å². The van der Waals surface area contributed by atoms with Crippen molar-refractivity contribution < 1.29 is 13.2 Å². The third-order valence-corrected chi connectivity index (χ3v) is 2.90. The van der Waals surface area contributed by atoms with Gasteiger partial charge in [-0.15, -0.1) is 0 Å². The Balaban J connectivity index is 2.13. The zero-order valence-electron chi connectivity index (χ0n) is 9.18. The van der Waals surface area contributed by atoms with E-state index < -0.39 is 17.5 Å². The first kappa shape index (κ1) is 13.0. The molecule has 18 heavy (non-hydrogen) atoms. The van der Waals surface area contributed by atoms with Crippen molar-refractivity contribution in [2.75, 3.05) is 5.32 Å². The molecule has 1 nitrogen and oxygen atoms in total. The number of anilines is 1. The molecule has 5 heteroatoms. The summed E-state index contributed by atoms with van der Waals surface area (Å²) in [6, 6.07) is 7.65. The van der Waals surface area contributed by atoms with Gasteiger partial charge in [-0.25, -0.2) is 13.2 Å². The van der Waals surface area contributed by atoms with E-state index in [4.69, 9.17) is 0 Å². The van der Waals surface area contributed by atoms with E-state index in [9.17, 15) is 13.2 Å². The molecule has 0 amide bonds. The third-order valence-electron chi connectivity index (χ3n) is 2.41. The molecule has 0 saturated carbocycles. The van der Waals surface area contributed by atoms with Crippen LogP contribution in [0, 0.1) is 17.5 Å². The molecule has 2 rings (SSSR count). The molecule has 0 spiro atoms. The summed E-state index contributed by atoms with van der Waals surface area (Å²) >= 11 is 3.14. The van der Waals surface area contributed by atoms with Crippen LogP contribution >= 0.6 is 15.9 Å². The molecule has 0 atom stereocenters. The second kappa shape index (κ2) is 5.44. The molecule has 0 saturated heterocycles. The first-order valence-corrected chi connectivity index (χ1v) is 5.98. The van der Waals surface area contributed by atoms with Gasteiger partial charge >= 0.3 is 0 Å². The lowest BCUT2D eigenvalue weighted by atomic mass is 10.2. The lowest BCUT2D eigenvalue weighted by Gasteiger charge is -2.08. The number of rotatable bonds is 3. The van der Waals surface area contributed by atoms with Crippen LogP contribution in [0.25, 0.3) is 0 Å². The Hall–Kier alpha value is -1.49. The van der Waals surface area contributed by atoms with Crippen LogP contribution in [0.5, 0.6) is 0 Å². The van der Waals surface area contributed by atoms with Gasteiger partial charge in [-0.2, -0.15) is 0 Å². The van der Waals surface area contributed by atoms with Crippen LogP contribution in [0.15, 0.2) is 40.9 Å². The van der Waals surface area contributed by atoms with Crippen LogP contribution in [-0.4, -0.2) is 0 Å². The first-order chi connectivity index (χ1) is 8.56. The number of halogens is 4. The molecule has 1 N–H and O–H groups in total. The van der Waals surface area contributed by atoms with E-state index in [0.29, 0.717) is 4.47 Å². The highest BCUT2D eigenvalue weighted by Crippen LogP contribution is 2.20.